The minimum absolute atomic E-state index is 0.0941. The number of oxime groups is 1. The van der Waals surface area contributed by atoms with Gasteiger partial charge in [-0.2, -0.15) is 4.99 Å². The van der Waals surface area contributed by atoms with Gasteiger partial charge < -0.3 is 14.2 Å². The van der Waals surface area contributed by atoms with Crippen LogP contribution in [0.4, 0.5) is 0 Å². The van der Waals surface area contributed by atoms with Gasteiger partial charge >= 0.3 is 11.9 Å². The molecule has 0 unspecified atom stereocenters. The molecule has 0 aromatic heterocycles. The normalized spacial score (nSPS) is 14.2. The molecule has 1 aliphatic rings. The van der Waals surface area contributed by atoms with Crippen LogP contribution in [0.25, 0.3) is 6.08 Å². The summed E-state index contributed by atoms with van der Waals surface area (Å²) in [5.41, 5.74) is 0.867. The minimum Gasteiger partial charge on any atom is -0.462 e. The maximum absolute atomic E-state index is 13.0. The SMILES string of the molecule is CCCCCCCCOC(=O)C(=Cc1ccccc1)C(OC)(OC)N1C=NOO1. The highest BCUT2D eigenvalue weighted by molar-refractivity contribution is 5.95. The molecule has 0 bridgehead atoms. The smallest absolute Gasteiger partial charge is 0.341 e. The second kappa shape index (κ2) is 12.2. The summed E-state index contributed by atoms with van der Waals surface area (Å²) in [6.07, 6.45) is 9.42. The predicted octanol–water partition coefficient (Wildman–Crippen LogP) is 4.04. The Labute approximate surface area is 171 Å². The Hall–Kier alpha value is -2.42. The molecule has 29 heavy (non-hydrogen) atoms. The highest BCUT2D eigenvalue weighted by Crippen LogP contribution is 2.31. The van der Waals surface area contributed by atoms with Crippen molar-refractivity contribution < 1.29 is 29.0 Å². The molecule has 0 fully saturated rings. The Kier molecular flexibility index (Phi) is 9.63. The number of carbonyl (C=O) groups is 1. The molecule has 1 aromatic carbocycles. The predicted molar refractivity (Wildman–Crippen MR) is 108 cm³/mol. The third-order valence-corrected chi connectivity index (χ3v) is 4.55. The molecular formula is C21H30N2O6. The third kappa shape index (κ3) is 6.28. The van der Waals surface area contributed by atoms with Gasteiger partial charge in [-0.05, 0) is 28.2 Å². The zero-order valence-corrected chi connectivity index (χ0v) is 17.3. The molecule has 8 nitrogen and oxygen atoms in total. The van der Waals surface area contributed by atoms with E-state index < -0.39 is 11.9 Å². The van der Waals surface area contributed by atoms with Gasteiger partial charge in [0, 0.05) is 14.2 Å². The summed E-state index contributed by atoms with van der Waals surface area (Å²) in [7, 11) is 2.78. The second-order valence-corrected chi connectivity index (χ2v) is 6.56. The van der Waals surface area contributed by atoms with Gasteiger partial charge in [-0.15, -0.1) is 5.06 Å². The fraction of sp³-hybridized carbons (Fsp3) is 0.524. The van der Waals surface area contributed by atoms with Gasteiger partial charge in [0.1, 0.15) is 5.57 Å². The molecule has 0 spiro atoms. The molecule has 2 rings (SSSR count). The summed E-state index contributed by atoms with van der Waals surface area (Å²) >= 11 is 0. The molecule has 0 aliphatic carbocycles. The van der Waals surface area contributed by atoms with E-state index in [2.05, 4.69) is 17.1 Å². The molecule has 0 atom stereocenters. The van der Waals surface area contributed by atoms with E-state index in [0.29, 0.717) is 6.61 Å². The summed E-state index contributed by atoms with van der Waals surface area (Å²) in [6.45, 7) is 2.49. The molecule has 0 amide bonds. The molecule has 0 saturated carbocycles. The number of methoxy groups -OCH3 is 2. The van der Waals surface area contributed by atoms with Crippen LogP contribution in [0.1, 0.15) is 51.0 Å². The molecule has 1 aromatic rings. The Morgan fingerprint density at radius 3 is 2.41 bits per heavy atom. The molecule has 160 valence electrons. The first-order chi connectivity index (χ1) is 14.2. The third-order valence-electron chi connectivity index (χ3n) is 4.55. The van der Waals surface area contributed by atoms with Crippen molar-refractivity contribution in [3.8, 4) is 0 Å². The lowest BCUT2D eigenvalue weighted by Gasteiger charge is -2.35. The fourth-order valence-corrected chi connectivity index (χ4v) is 2.98. The van der Waals surface area contributed by atoms with E-state index in [4.69, 9.17) is 19.2 Å². The van der Waals surface area contributed by atoms with Crippen LogP contribution in [0.2, 0.25) is 0 Å². The van der Waals surface area contributed by atoms with E-state index in [1.165, 1.54) is 39.8 Å². The first-order valence-electron chi connectivity index (χ1n) is 9.89. The number of carbonyl (C=O) groups excluding carboxylic acids is 1. The molecule has 1 aliphatic heterocycles. The number of unbranched alkanes of at least 4 members (excludes halogenated alkanes) is 5. The largest absolute Gasteiger partial charge is 0.462 e. The van der Waals surface area contributed by atoms with Crippen molar-refractivity contribution in [3.63, 3.8) is 0 Å². The van der Waals surface area contributed by atoms with Gasteiger partial charge in [-0.1, -0.05) is 69.4 Å². The fourth-order valence-electron chi connectivity index (χ4n) is 2.98. The average Bonchev–Trinajstić information content (AvgIpc) is 3.29. The maximum Gasteiger partial charge on any atom is 0.341 e. The van der Waals surface area contributed by atoms with Crippen molar-refractivity contribution in [1.29, 1.82) is 0 Å². The van der Waals surface area contributed by atoms with Gasteiger partial charge in [0.05, 0.1) is 6.61 Å². The van der Waals surface area contributed by atoms with Crippen LogP contribution in [-0.2, 0) is 29.0 Å². The van der Waals surface area contributed by atoms with Crippen molar-refractivity contribution in [2.75, 3.05) is 20.8 Å². The molecule has 0 N–H and O–H groups in total. The van der Waals surface area contributed by atoms with Gasteiger partial charge in [0.2, 0.25) is 0 Å². The monoisotopic (exact) mass is 406 g/mol. The van der Waals surface area contributed by atoms with Crippen LogP contribution in [0.5, 0.6) is 0 Å². The minimum atomic E-state index is -1.73. The highest BCUT2D eigenvalue weighted by Gasteiger charge is 2.48. The Morgan fingerprint density at radius 2 is 1.79 bits per heavy atom. The summed E-state index contributed by atoms with van der Waals surface area (Å²) in [5.74, 6) is -2.30. The summed E-state index contributed by atoms with van der Waals surface area (Å²) in [5, 5.41) is 4.59. The Morgan fingerprint density at radius 1 is 1.10 bits per heavy atom. The van der Waals surface area contributed by atoms with Crippen LogP contribution in [0.15, 0.2) is 41.1 Å². The lowest BCUT2D eigenvalue weighted by Crippen LogP contribution is -2.53. The van der Waals surface area contributed by atoms with E-state index in [1.807, 2.05) is 30.3 Å². The lowest BCUT2D eigenvalue weighted by atomic mass is 10.1. The standard InChI is InChI=1S/C21H30N2O6/c1-4-5-6-7-8-12-15-27-20(24)19(16-18-13-10-9-11-14-18)21(25-2,26-3)23-17-22-28-29-23/h9-11,13-14,16-17H,4-8,12,15H2,1-3H3. The van der Waals surface area contributed by atoms with E-state index in [1.54, 1.807) is 6.08 Å². The van der Waals surface area contributed by atoms with E-state index >= 15 is 0 Å². The number of esters is 1. The number of hydrogen-bond acceptors (Lipinski definition) is 8. The lowest BCUT2D eigenvalue weighted by molar-refractivity contribution is -0.456. The first-order valence-corrected chi connectivity index (χ1v) is 9.89. The molecule has 1 heterocycles. The average molecular weight is 406 g/mol. The van der Waals surface area contributed by atoms with E-state index in [9.17, 15) is 4.79 Å². The van der Waals surface area contributed by atoms with Gasteiger partial charge in [0.25, 0.3) is 0 Å². The van der Waals surface area contributed by atoms with Crippen LogP contribution < -0.4 is 0 Å². The number of ether oxygens (including phenoxy) is 3. The summed E-state index contributed by atoms with van der Waals surface area (Å²) < 4.78 is 16.6. The quantitative estimate of drug-likeness (QED) is 0.161. The van der Waals surface area contributed by atoms with Gasteiger partial charge in [-0.3, -0.25) is 0 Å². The van der Waals surface area contributed by atoms with E-state index in [0.717, 1.165) is 29.9 Å². The molecular weight excluding hydrogens is 376 g/mol. The van der Waals surface area contributed by atoms with Crippen molar-refractivity contribution in [2.45, 2.75) is 51.4 Å². The van der Waals surface area contributed by atoms with Crippen molar-refractivity contribution >= 4 is 18.4 Å². The Bertz CT molecular complexity index is 673. The number of benzene rings is 1. The van der Waals surface area contributed by atoms with Crippen LogP contribution in [0, 0.1) is 0 Å². The van der Waals surface area contributed by atoms with Crippen molar-refractivity contribution in [3.05, 3.63) is 41.5 Å². The maximum atomic E-state index is 13.0. The second-order valence-electron chi connectivity index (χ2n) is 6.56. The number of hydrogen-bond donors (Lipinski definition) is 0. The van der Waals surface area contributed by atoms with Crippen LogP contribution >= 0.6 is 0 Å². The highest BCUT2D eigenvalue weighted by atomic mass is 17.3. The first kappa shape index (κ1) is 22.9. The number of nitrogens with zero attached hydrogens (tertiary/aromatic N) is 2. The summed E-state index contributed by atoms with van der Waals surface area (Å²) in [4.78, 5) is 22.5. The van der Waals surface area contributed by atoms with Crippen LogP contribution in [0.3, 0.4) is 0 Å². The van der Waals surface area contributed by atoms with Crippen LogP contribution in [-0.4, -0.2) is 44.1 Å². The summed E-state index contributed by atoms with van der Waals surface area (Å²) in [6, 6.07) is 9.32. The van der Waals surface area contributed by atoms with Gasteiger partial charge in [-0.25, -0.2) is 4.79 Å². The topological polar surface area (TPSA) is 78.8 Å². The van der Waals surface area contributed by atoms with E-state index in [-0.39, 0.29) is 5.57 Å². The number of rotatable bonds is 13. The zero-order valence-electron chi connectivity index (χ0n) is 17.3. The van der Waals surface area contributed by atoms with Crippen molar-refractivity contribution in [2.24, 2.45) is 5.16 Å². The molecule has 0 saturated heterocycles. The van der Waals surface area contributed by atoms with Gasteiger partial charge in [0.15, 0.2) is 6.34 Å². The van der Waals surface area contributed by atoms with Crippen molar-refractivity contribution in [1.82, 2.24) is 5.06 Å². The molecule has 0 radical (unpaired) electrons. The molecule has 8 heteroatoms. The zero-order chi connectivity index (χ0) is 21.0. The number of hydroxylamine groups is 2. The Balaban J connectivity index is 2.15.